The minimum absolute atomic E-state index is 0.776. The van der Waals surface area contributed by atoms with E-state index in [2.05, 4.69) is 27.1 Å². The Morgan fingerprint density at radius 3 is 2.70 bits per heavy atom. The van der Waals surface area contributed by atoms with Crippen LogP contribution < -0.4 is 10.2 Å². The quantitative estimate of drug-likeness (QED) is 0.936. The minimum Gasteiger partial charge on any atom is -0.378 e. The van der Waals surface area contributed by atoms with Crippen molar-refractivity contribution >= 4 is 27.4 Å². The molecule has 0 radical (unpaired) electrons. The van der Waals surface area contributed by atoms with Crippen LogP contribution in [0.15, 0.2) is 0 Å². The molecule has 1 aliphatic heterocycles. The van der Waals surface area contributed by atoms with Gasteiger partial charge in [-0.1, -0.05) is 0 Å². The third kappa shape index (κ3) is 2.39. The molecule has 3 heterocycles. The predicted molar refractivity (Wildman–Crippen MR) is 82.7 cm³/mol. The SMILES string of the molecule is CNCc1sc2c(N3CCOCC3)nc(C)nc2c1C. The zero-order valence-electron chi connectivity index (χ0n) is 12.2. The van der Waals surface area contributed by atoms with Gasteiger partial charge in [-0.25, -0.2) is 9.97 Å². The third-order valence-electron chi connectivity index (χ3n) is 3.61. The van der Waals surface area contributed by atoms with E-state index in [1.54, 1.807) is 0 Å². The highest BCUT2D eigenvalue weighted by atomic mass is 32.1. The molecule has 1 fully saturated rings. The molecule has 0 aromatic carbocycles. The standard InChI is InChI=1S/C14H20N4OS/c1-9-11(8-15-3)20-13-12(9)16-10(2)17-14(13)18-4-6-19-7-5-18/h15H,4-8H2,1-3H3. The van der Waals surface area contributed by atoms with Crippen molar-refractivity contribution in [1.82, 2.24) is 15.3 Å². The van der Waals surface area contributed by atoms with Crippen molar-refractivity contribution in [3.63, 3.8) is 0 Å². The van der Waals surface area contributed by atoms with Crippen LogP contribution in [0, 0.1) is 13.8 Å². The van der Waals surface area contributed by atoms with E-state index in [4.69, 9.17) is 4.74 Å². The number of hydrogen-bond acceptors (Lipinski definition) is 6. The maximum atomic E-state index is 5.44. The Morgan fingerprint density at radius 1 is 1.25 bits per heavy atom. The highest BCUT2D eigenvalue weighted by Gasteiger charge is 2.20. The van der Waals surface area contributed by atoms with Crippen molar-refractivity contribution in [3.05, 3.63) is 16.3 Å². The summed E-state index contributed by atoms with van der Waals surface area (Å²) in [6, 6.07) is 0. The van der Waals surface area contributed by atoms with Crippen LogP contribution in [0.2, 0.25) is 0 Å². The lowest BCUT2D eigenvalue weighted by atomic mass is 10.2. The largest absolute Gasteiger partial charge is 0.378 e. The van der Waals surface area contributed by atoms with E-state index in [9.17, 15) is 0 Å². The molecule has 1 aliphatic rings. The lowest BCUT2D eigenvalue weighted by Gasteiger charge is -2.28. The number of ether oxygens (including phenoxy) is 1. The molecule has 1 saturated heterocycles. The smallest absolute Gasteiger partial charge is 0.150 e. The molecule has 5 nitrogen and oxygen atoms in total. The Labute approximate surface area is 123 Å². The maximum absolute atomic E-state index is 5.44. The van der Waals surface area contributed by atoms with Crippen LogP contribution >= 0.6 is 11.3 Å². The fourth-order valence-corrected chi connectivity index (χ4v) is 3.82. The summed E-state index contributed by atoms with van der Waals surface area (Å²) in [5.74, 6) is 1.92. The van der Waals surface area contributed by atoms with E-state index >= 15 is 0 Å². The van der Waals surface area contributed by atoms with Crippen molar-refractivity contribution in [2.24, 2.45) is 0 Å². The Bertz CT molecular complexity index is 619. The second-order valence-electron chi connectivity index (χ2n) is 5.05. The van der Waals surface area contributed by atoms with Gasteiger partial charge in [0.15, 0.2) is 5.82 Å². The van der Waals surface area contributed by atoms with Crippen molar-refractivity contribution in [2.75, 3.05) is 38.3 Å². The molecular weight excluding hydrogens is 272 g/mol. The summed E-state index contributed by atoms with van der Waals surface area (Å²) in [4.78, 5) is 13.0. The highest BCUT2D eigenvalue weighted by molar-refractivity contribution is 7.19. The molecule has 108 valence electrons. The monoisotopic (exact) mass is 292 g/mol. The first-order valence-corrected chi connectivity index (χ1v) is 7.76. The van der Waals surface area contributed by atoms with Crippen LogP contribution in [0.5, 0.6) is 0 Å². The summed E-state index contributed by atoms with van der Waals surface area (Å²) in [6.07, 6.45) is 0. The van der Waals surface area contributed by atoms with Gasteiger partial charge in [-0.3, -0.25) is 0 Å². The van der Waals surface area contributed by atoms with Gasteiger partial charge in [-0.2, -0.15) is 0 Å². The molecule has 2 aromatic rings. The van der Waals surface area contributed by atoms with Crippen molar-refractivity contribution in [1.29, 1.82) is 0 Å². The van der Waals surface area contributed by atoms with E-state index in [0.717, 1.165) is 50.0 Å². The highest BCUT2D eigenvalue weighted by Crippen LogP contribution is 2.35. The second kappa shape index (κ2) is 5.63. The topological polar surface area (TPSA) is 50.3 Å². The van der Waals surface area contributed by atoms with Gasteiger partial charge in [-0.05, 0) is 26.5 Å². The van der Waals surface area contributed by atoms with E-state index in [0.29, 0.717) is 0 Å². The van der Waals surface area contributed by atoms with Gasteiger partial charge in [0.1, 0.15) is 5.82 Å². The Kier molecular flexibility index (Phi) is 3.87. The Morgan fingerprint density at radius 2 is 2.00 bits per heavy atom. The number of morpholine rings is 1. The van der Waals surface area contributed by atoms with Crippen molar-refractivity contribution in [3.8, 4) is 0 Å². The number of aromatic nitrogens is 2. The van der Waals surface area contributed by atoms with E-state index in [1.807, 2.05) is 25.3 Å². The number of nitrogens with zero attached hydrogens (tertiary/aromatic N) is 3. The zero-order valence-corrected chi connectivity index (χ0v) is 13.0. The average molecular weight is 292 g/mol. The van der Waals surface area contributed by atoms with Crippen LogP contribution in [-0.4, -0.2) is 43.3 Å². The number of rotatable bonds is 3. The van der Waals surface area contributed by atoms with Gasteiger partial charge in [0.2, 0.25) is 0 Å². The van der Waals surface area contributed by atoms with E-state index in [-0.39, 0.29) is 0 Å². The first kappa shape index (κ1) is 13.7. The molecule has 6 heteroatoms. The number of nitrogens with one attached hydrogen (secondary N) is 1. The summed E-state index contributed by atoms with van der Waals surface area (Å²) in [5.41, 5.74) is 2.38. The third-order valence-corrected chi connectivity index (χ3v) is 4.88. The number of hydrogen-bond donors (Lipinski definition) is 1. The van der Waals surface area contributed by atoms with Crippen molar-refractivity contribution < 1.29 is 4.74 Å². The summed E-state index contributed by atoms with van der Waals surface area (Å²) < 4.78 is 6.65. The van der Waals surface area contributed by atoms with Gasteiger partial charge in [0, 0.05) is 24.5 Å². The molecule has 0 amide bonds. The van der Waals surface area contributed by atoms with Crippen LogP contribution in [-0.2, 0) is 11.3 Å². The number of aryl methyl sites for hydroxylation is 2. The molecule has 0 spiro atoms. The van der Waals surface area contributed by atoms with Crippen LogP contribution in [0.1, 0.15) is 16.3 Å². The van der Waals surface area contributed by atoms with Gasteiger partial charge in [0.05, 0.1) is 23.4 Å². The summed E-state index contributed by atoms with van der Waals surface area (Å²) in [6.45, 7) is 8.37. The molecule has 3 rings (SSSR count). The summed E-state index contributed by atoms with van der Waals surface area (Å²) >= 11 is 1.81. The van der Waals surface area contributed by atoms with Crippen LogP contribution in [0.4, 0.5) is 5.82 Å². The van der Waals surface area contributed by atoms with Crippen LogP contribution in [0.25, 0.3) is 10.2 Å². The molecule has 0 bridgehead atoms. The average Bonchev–Trinajstić information content (AvgIpc) is 2.77. The van der Waals surface area contributed by atoms with Gasteiger partial charge < -0.3 is 15.0 Å². The molecule has 20 heavy (non-hydrogen) atoms. The predicted octanol–water partition coefficient (Wildman–Crippen LogP) is 1.86. The fourth-order valence-electron chi connectivity index (χ4n) is 2.55. The zero-order chi connectivity index (χ0) is 14.1. The molecule has 0 aliphatic carbocycles. The van der Waals surface area contributed by atoms with Crippen LogP contribution in [0.3, 0.4) is 0 Å². The van der Waals surface area contributed by atoms with Crippen molar-refractivity contribution in [2.45, 2.75) is 20.4 Å². The van der Waals surface area contributed by atoms with Gasteiger partial charge in [0.25, 0.3) is 0 Å². The molecule has 1 N–H and O–H groups in total. The first-order valence-electron chi connectivity index (χ1n) is 6.94. The number of anilines is 1. The lowest BCUT2D eigenvalue weighted by Crippen LogP contribution is -2.37. The van der Waals surface area contributed by atoms with Gasteiger partial charge >= 0.3 is 0 Å². The summed E-state index contributed by atoms with van der Waals surface area (Å²) in [7, 11) is 1.98. The second-order valence-corrected chi connectivity index (χ2v) is 6.16. The first-order chi connectivity index (χ1) is 9.70. The molecule has 2 aromatic heterocycles. The molecular formula is C14H20N4OS. The summed E-state index contributed by atoms with van der Waals surface area (Å²) in [5, 5.41) is 3.23. The fraction of sp³-hybridized carbons (Fsp3) is 0.571. The number of thiophene rings is 1. The normalized spacial score (nSPS) is 16.1. The molecule has 0 atom stereocenters. The van der Waals surface area contributed by atoms with E-state index < -0.39 is 0 Å². The Balaban J connectivity index is 2.12. The molecule has 0 saturated carbocycles. The van der Waals surface area contributed by atoms with Gasteiger partial charge in [-0.15, -0.1) is 11.3 Å². The Hall–Kier alpha value is -1.24. The number of fused-ring (bicyclic) bond motifs is 1. The van der Waals surface area contributed by atoms with E-state index in [1.165, 1.54) is 15.1 Å². The lowest BCUT2D eigenvalue weighted by molar-refractivity contribution is 0.122. The minimum atomic E-state index is 0.776. The molecule has 0 unspecified atom stereocenters. The maximum Gasteiger partial charge on any atom is 0.150 e.